The Kier molecular flexibility index (Phi) is 3.39. The van der Waals surface area contributed by atoms with E-state index in [1.54, 1.807) is 0 Å². The van der Waals surface area contributed by atoms with E-state index in [0.717, 1.165) is 0 Å². The van der Waals surface area contributed by atoms with Gasteiger partial charge in [-0.2, -0.15) is 0 Å². The molecule has 0 aliphatic carbocycles. The molecular formula is C18H12INS. The lowest BCUT2D eigenvalue weighted by atomic mass is 10.2. The van der Waals surface area contributed by atoms with E-state index in [1.807, 2.05) is 11.8 Å². The molecule has 1 aliphatic rings. The SMILES string of the molecule is Ic1ccccc1N1c2ccccc2Sc2ccccc21. The first-order valence-electron chi connectivity index (χ1n) is 6.75. The Hall–Kier alpha value is -1.46. The second-order valence-corrected chi connectivity index (χ2v) is 7.07. The Morgan fingerprint density at radius 3 is 1.67 bits per heavy atom. The number of para-hydroxylation sites is 3. The average molecular weight is 401 g/mol. The highest BCUT2D eigenvalue weighted by Crippen LogP contribution is 2.51. The van der Waals surface area contributed by atoms with Crippen LogP contribution in [0.3, 0.4) is 0 Å². The van der Waals surface area contributed by atoms with Gasteiger partial charge in [-0.1, -0.05) is 48.2 Å². The molecule has 3 heteroatoms. The second-order valence-electron chi connectivity index (χ2n) is 4.82. The molecule has 0 atom stereocenters. The van der Waals surface area contributed by atoms with Crippen molar-refractivity contribution in [3.8, 4) is 0 Å². The number of fused-ring (bicyclic) bond motifs is 2. The summed E-state index contributed by atoms with van der Waals surface area (Å²) in [6, 6.07) is 25.7. The van der Waals surface area contributed by atoms with Gasteiger partial charge in [-0.05, 0) is 59.0 Å². The standard InChI is InChI=1S/C18H12INS/c19-13-7-1-2-8-14(13)20-15-9-3-5-11-17(15)21-18-12-6-4-10-16(18)20/h1-12H. The van der Waals surface area contributed by atoms with Gasteiger partial charge >= 0.3 is 0 Å². The Morgan fingerprint density at radius 1 is 0.619 bits per heavy atom. The lowest BCUT2D eigenvalue weighted by Crippen LogP contribution is -2.15. The van der Waals surface area contributed by atoms with Crippen molar-refractivity contribution in [2.45, 2.75) is 9.79 Å². The van der Waals surface area contributed by atoms with Gasteiger partial charge in [0.1, 0.15) is 0 Å². The summed E-state index contributed by atoms with van der Waals surface area (Å²) in [4.78, 5) is 4.97. The molecule has 0 bridgehead atoms. The van der Waals surface area contributed by atoms with Crippen LogP contribution in [0.4, 0.5) is 17.1 Å². The molecule has 4 rings (SSSR count). The van der Waals surface area contributed by atoms with Crippen LogP contribution in [0.25, 0.3) is 0 Å². The van der Waals surface area contributed by atoms with Crippen LogP contribution in [-0.2, 0) is 0 Å². The van der Waals surface area contributed by atoms with Gasteiger partial charge in [0.25, 0.3) is 0 Å². The van der Waals surface area contributed by atoms with E-state index in [2.05, 4.69) is 100 Å². The minimum Gasteiger partial charge on any atom is -0.307 e. The molecule has 3 aromatic carbocycles. The van der Waals surface area contributed by atoms with Crippen molar-refractivity contribution in [2.75, 3.05) is 4.90 Å². The molecule has 1 heterocycles. The van der Waals surface area contributed by atoms with E-state index in [-0.39, 0.29) is 0 Å². The maximum absolute atomic E-state index is 2.41. The molecule has 0 unspecified atom stereocenters. The van der Waals surface area contributed by atoms with Crippen LogP contribution >= 0.6 is 34.4 Å². The fourth-order valence-corrected chi connectivity index (χ4v) is 4.28. The molecule has 0 spiro atoms. The number of rotatable bonds is 1. The molecule has 0 fully saturated rings. The summed E-state index contributed by atoms with van der Waals surface area (Å²) in [6.07, 6.45) is 0. The third kappa shape index (κ3) is 2.24. The molecule has 1 nitrogen and oxygen atoms in total. The Balaban J connectivity index is 2.00. The summed E-state index contributed by atoms with van der Waals surface area (Å²) in [5, 5.41) is 0. The third-order valence-corrected chi connectivity index (χ3v) is 5.57. The molecule has 0 saturated heterocycles. The van der Waals surface area contributed by atoms with Crippen molar-refractivity contribution in [1.29, 1.82) is 0 Å². The molecule has 0 aromatic heterocycles. The summed E-state index contributed by atoms with van der Waals surface area (Å²) >= 11 is 4.25. The number of nitrogens with zero attached hydrogens (tertiary/aromatic N) is 1. The van der Waals surface area contributed by atoms with Crippen molar-refractivity contribution in [2.24, 2.45) is 0 Å². The van der Waals surface area contributed by atoms with Crippen molar-refractivity contribution < 1.29 is 0 Å². The van der Waals surface area contributed by atoms with Crippen molar-refractivity contribution >= 4 is 51.4 Å². The van der Waals surface area contributed by atoms with Gasteiger partial charge in [0.2, 0.25) is 0 Å². The molecule has 21 heavy (non-hydrogen) atoms. The first kappa shape index (κ1) is 13.2. The average Bonchev–Trinajstić information content (AvgIpc) is 2.53. The quantitative estimate of drug-likeness (QED) is 0.348. The summed E-state index contributed by atoms with van der Waals surface area (Å²) in [5.74, 6) is 0. The summed E-state index contributed by atoms with van der Waals surface area (Å²) in [7, 11) is 0. The predicted octanol–water partition coefficient (Wildman–Crippen LogP) is 6.23. The maximum atomic E-state index is 2.41. The fraction of sp³-hybridized carbons (Fsp3) is 0. The predicted molar refractivity (Wildman–Crippen MR) is 98.0 cm³/mol. The molecule has 0 saturated carbocycles. The van der Waals surface area contributed by atoms with Gasteiger partial charge in [-0.15, -0.1) is 0 Å². The molecule has 0 N–H and O–H groups in total. The van der Waals surface area contributed by atoms with Crippen molar-refractivity contribution in [3.05, 3.63) is 76.4 Å². The lowest BCUT2D eigenvalue weighted by molar-refractivity contribution is 1.16. The smallest absolute Gasteiger partial charge is 0.0602 e. The van der Waals surface area contributed by atoms with Crippen LogP contribution in [0.1, 0.15) is 0 Å². The molecule has 1 aliphatic heterocycles. The van der Waals surface area contributed by atoms with Gasteiger partial charge in [0, 0.05) is 13.4 Å². The van der Waals surface area contributed by atoms with E-state index >= 15 is 0 Å². The Bertz CT molecular complexity index is 755. The minimum atomic E-state index is 1.23. The largest absolute Gasteiger partial charge is 0.307 e. The number of benzene rings is 3. The normalized spacial score (nSPS) is 12.7. The number of hydrogen-bond donors (Lipinski definition) is 0. The van der Waals surface area contributed by atoms with Gasteiger partial charge in [0.15, 0.2) is 0 Å². The molecule has 0 amide bonds. The minimum absolute atomic E-state index is 1.23. The van der Waals surface area contributed by atoms with E-state index in [9.17, 15) is 0 Å². The maximum Gasteiger partial charge on any atom is 0.0602 e. The van der Waals surface area contributed by atoms with Crippen molar-refractivity contribution in [3.63, 3.8) is 0 Å². The molecule has 102 valence electrons. The van der Waals surface area contributed by atoms with Gasteiger partial charge in [-0.3, -0.25) is 0 Å². The molecule has 0 radical (unpaired) electrons. The molecule has 3 aromatic rings. The van der Waals surface area contributed by atoms with E-state index in [0.29, 0.717) is 0 Å². The lowest BCUT2D eigenvalue weighted by Gasteiger charge is -2.33. The Morgan fingerprint density at radius 2 is 1.10 bits per heavy atom. The topological polar surface area (TPSA) is 3.24 Å². The third-order valence-electron chi connectivity index (χ3n) is 3.53. The zero-order valence-corrected chi connectivity index (χ0v) is 14.1. The van der Waals surface area contributed by atoms with Crippen LogP contribution in [0.2, 0.25) is 0 Å². The van der Waals surface area contributed by atoms with Crippen molar-refractivity contribution in [1.82, 2.24) is 0 Å². The van der Waals surface area contributed by atoms with E-state index in [1.165, 1.54) is 30.4 Å². The summed E-state index contributed by atoms with van der Waals surface area (Å²) in [5.41, 5.74) is 3.74. The highest BCUT2D eigenvalue weighted by Gasteiger charge is 2.24. The zero-order chi connectivity index (χ0) is 14.2. The second kappa shape index (κ2) is 5.39. The molecular weight excluding hydrogens is 389 g/mol. The van der Waals surface area contributed by atoms with Crippen LogP contribution in [0.5, 0.6) is 0 Å². The first-order chi connectivity index (χ1) is 10.3. The van der Waals surface area contributed by atoms with Gasteiger partial charge < -0.3 is 4.90 Å². The van der Waals surface area contributed by atoms with Gasteiger partial charge in [-0.25, -0.2) is 0 Å². The Labute approximate surface area is 142 Å². The van der Waals surface area contributed by atoms with E-state index in [4.69, 9.17) is 0 Å². The number of anilines is 3. The van der Waals surface area contributed by atoms with Crippen LogP contribution < -0.4 is 4.90 Å². The first-order valence-corrected chi connectivity index (χ1v) is 8.65. The highest BCUT2D eigenvalue weighted by atomic mass is 127. The van der Waals surface area contributed by atoms with Crippen LogP contribution in [-0.4, -0.2) is 0 Å². The summed E-state index contributed by atoms with van der Waals surface area (Å²) in [6.45, 7) is 0. The van der Waals surface area contributed by atoms with E-state index < -0.39 is 0 Å². The van der Waals surface area contributed by atoms with Gasteiger partial charge in [0.05, 0.1) is 17.1 Å². The summed E-state index contributed by atoms with van der Waals surface area (Å²) < 4.78 is 1.26. The highest BCUT2D eigenvalue weighted by molar-refractivity contribution is 14.1. The monoisotopic (exact) mass is 401 g/mol. The van der Waals surface area contributed by atoms with Crippen LogP contribution in [0.15, 0.2) is 82.6 Å². The number of halogens is 1. The fourth-order valence-electron chi connectivity index (χ4n) is 2.60. The number of hydrogen-bond acceptors (Lipinski definition) is 2. The van der Waals surface area contributed by atoms with Crippen LogP contribution in [0, 0.1) is 3.57 Å². The zero-order valence-electron chi connectivity index (χ0n) is 11.2.